The fourth-order valence-electron chi connectivity index (χ4n) is 2.59. The largest absolute Gasteiger partial charge is 0.411 e. The highest BCUT2D eigenvalue weighted by Gasteiger charge is 2.16. The van der Waals surface area contributed by atoms with Gasteiger partial charge in [0.2, 0.25) is 5.89 Å². The van der Waals surface area contributed by atoms with E-state index in [1.54, 1.807) is 24.0 Å². The number of halogens is 1. The van der Waals surface area contributed by atoms with Crippen LogP contribution < -0.4 is 5.73 Å². The van der Waals surface area contributed by atoms with E-state index in [4.69, 9.17) is 21.8 Å². The van der Waals surface area contributed by atoms with Gasteiger partial charge in [-0.1, -0.05) is 28.6 Å². The van der Waals surface area contributed by atoms with Gasteiger partial charge in [0, 0.05) is 35.8 Å². The highest BCUT2D eigenvalue weighted by Crippen LogP contribution is 2.32. The molecule has 0 unspecified atom stereocenters. The predicted octanol–water partition coefficient (Wildman–Crippen LogP) is 2.91. The molecule has 0 radical (unpaired) electrons. The number of hydrogen-bond acceptors (Lipinski definition) is 11. The van der Waals surface area contributed by atoms with Crippen LogP contribution in [-0.4, -0.2) is 40.1 Å². The van der Waals surface area contributed by atoms with Crippen molar-refractivity contribution >= 4 is 34.9 Å². The van der Waals surface area contributed by atoms with Crippen molar-refractivity contribution in [3.8, 4) is 11.5 Å². The van der Waals surface area contributed by atoms with Gasteiger partial charge in [0.1, 0.15) is 11.6 Å². The second-order valence-electron chi connectivity index (χ2n) is 6.32. The fourth-order valence-corrected chi connectivity index (χ4v) is 3.49. The van der Waals surface area contributed by atoms with Crippen molar-refractivity contribution < 1.29 is 9.34 Å². The molecule has 3 heterocycles. The minimum absolute atomic E-state index is 0.120. The van der Waals surface area contributed by atoms with Gasteiger partial charge in [0.05, 0.1) is 27.7 Å². The molecule has 0 fully saturated rings. The minimum Gasteiger partial charge on any atom is -0.411 e. The van der Waals surface area contributed by atoms with E-state index < -0.39 is 4.92 Å². The lowest BCUT2D eigenvalue weighted by molar-refractivity contribution is -0.384. The van der Waals surface area contributed by atoms with Gasteiger partial charge >= 0.3 is 0 Å². The molecule has 0 aliphatic rings. The average Bonchev–Trinajstić information content (AvgIpc) is 3.38. The molecule has 0 amide bonds. The first-order valence-corrected chi connectivity index (χ1v) is 10.1. The van der Waals surface area contributed by atoms with E-state index in [1.807, 2.05) is 0 Å². The van der Waals surface area contributed by atoms with E-state index in [2.05, 4.69) is 30.5 Å². The van der Waals surface area contributed by atoms with Crippen LogP contribution in [0.4, 0.5) is 11.5 Å². The fraction of sp³-hybridized carbons (Fsp3) is 0.176. The average molecular weight is 460 g/mol. The van der Waals surface area contributed by atoms with Gasteiger partial charge in [0.25, 0.3) is 10.9 Å². The molecular weight excluding hydrogens is 446 g/mol. The molecule has 4 rings (SSSR count). The van der Waals surface area contributed by atoms with Gasteiger partial charge in [-0.2, -0.15) is 0 Å². The smallest absolute Gasteiger partial charge is 0.277 e. The predicted molar refractivity (Wildman–Crippen MR) is 111 cm³/mol. The van der Waals surface area contributed by atoms with Gasteiger partial charge in [-0.25, -0.2) is 14.6 Å². The molecular formula is C17H14ClN9O3S. The second kappa shape index (κ2) is 8.65. The lowest BCUT2D eigenvalue weighted by Crippen LogP contribution is -2.07. The third kappa shape index (κ3) is 4.78. The quantitative estimate of drug-likeness (QED) is 0.245. The van der Waals surface area contributed by atoms with Crippen molar-refractivity contribution in [3.63, 3.8) is 0 Å². The summed E-state index contributed by atoms with van der Waals surface area (Å²) in [7, 11) is 0. The zero-order chi connectivity index (χ0) is 22.0. The van der Waals surface area contributed by atoms with Crippen LogP contribution in [0.25, 0.3) is 11.5 Å². The third-order valence-electron chi connectivity index (χ3n) is 4.08. The van der Waals surface area contributed by atoms with E-state index in [-0.39, 0.29) is 16.6 Å². The number of nitrogens with zero attached hydrogens (tertiary/aromatic N) is 8. The van der Waals surface area contributed by atoms with E-state index in [0.717, 1.165) is 5.56 Å². The maximum Gasteiger partial charge on any atom is 0.277 e. The molecule has 0 bridgehead atoms. The molecule has 14 heteroatoms. The molecule has 0 aliphatic heterocycles. The van der Waals surface area contributed by atoms with E-state index in [1.165, 1.54) is 30.0 Å². The number of rotatable bonds is 7. The van der Waals surface area contributed by atoms with Crippen LogP contribution in [0.2, 0.25) is 5.02 Å². The first-order valence-electron chi connectivity index (χ1n) is 8.76. The van der Waals surface area contributed by atoms with Gasteiger partial charge in [-0.05, 0) is 13.0 Å². The number of nitrogens with two attached hydrogens (primary N) is 1. The summed E-state index contributed by atoms with van der Waals surface area (Å²) in [5.74, 6) is 1.61. The number of hydrogen-bond donors (Lipinski definition) is 1. The molecule has 0 saturated heterocycles. The Balaban J connectivity index is 1.40. The highest BCUT2D eigenvalue weighted by atomic mass is 35.5. The normalized spacial score (nSPS) is 11.0. The number of aryl methyl sites for hydroxylation is 1. The Hall–Kier alpha value is -3.58. The molecule has 0 saturated carbocycles. The van der Waals surface area contributed by atoms with Crippen LogP contribution in [0.3, 0.4) is 0 Å². The molecule has 0 atom stereocenters. The number of aromatic nitrogens is 7. The Labute approximate surface area is 184 Å². The van der Waals surface area contributed by atoms with Crippen molar-refractivity contribution in [1.82, 2.24) is 35.2 Å². The Morgan fingerprint density at radius 3 is 2.90 bits per heavy atom. The summed E-state index contributed by atoms with van der Waals surface area (Å²) in [6.45, 7) is 2.16. The number of nitro benzene ring substituents is 1. The van der Waals surface area contributed by atoms with Crippen molar-refractivity contribution in [2.75, 3.05) is 5.73 Å². The van der Waals surface area contributed by atoms with Gasteiger partial charge < -0.3 is 10.2 Å². The summed E-state index contributed by atoms with van der Waals surface area (Å²) in [5, 5.41) is 27.4. The molecule has 158 valence electrons. The minimum atomic E-state index is -0.530. The standard InChI is InChI=1S/C17H14ClN9O3S/c1-9-20-5-10(15(19)21-9)6-26-7-11(22-25-26)8-31-17-24-23-16(30-17)13-3-2-12(27(28)29)4-14(13)18/h2-5,7H,6,8H2,1H3,(H2,19,20,21). The number of anilines is 1. The van der Waals surface area contributed by atoms with Crippen molar-refractivity contribution in [2.45, 2.75) is 24.4 Å². The molecule has 31 heavy (non-hydrogen) atoms. The summed E-state index contributed by atoms with van der Waals surface area (Å²) < 4.78 is 7.24. The van der Waals surface area contributed by atoms with Crippen molar-refractivity contribution in [1.29, 1.82) is 0 Å². The lowest BCUT2D eigenvalue weighted by Gasteiger charge is -2.04. The maximum atomic E-state index is 10.8. The molecule has 0 spiro atoms. The monoisotopic (exact) mass is 459 g/mol. The van der Waals surface area contributed by atoms with E-state index in [0.29, 0.717) is 40.4 Å². The third-order valence-corrected chi connectivity index (χ3v) is 5.25. The van der Waals surface area contributed by atoms with Crippen molar-refractivity contribution in [3.05, 3.63) is 62.8 Å². The van der Waals surface area contributed by atoms with Gasteiger partial charge in [0.15, 0.2) is 0 Å². The van der Waals surface area contributed by atoms with Crippen LogP contribution in [0.1, 0.15) is 17.1 Å². The number of benzene rings is 1. The molecule has 1 aromatic carbocycles. The molecule has 3 aromatic heterocycles. The summed E-state index contributed by atoms with van der Waals surface area (Å²) in [5.41, 5.74) is 7.64. The number of non-ortho nitro benzene ring substituents is 1. The van der Waals surface area contributed by atoms with Crippen molar-refractivity contribution in [2.24, 2.45) is 0 Å². The molecule has 0 aliphatic carbocycles. The number of nitro groups is 1. The Kier molecular flexibility index (Phi) is 5.77. The molecule has 12 nitrogen and oxygen atoms in total. The topological polar surface area (TPSA) is 165 Å². The Morgan fingerprint density at radius 1 is 1.32 bits per heavy atom. The second-order valence-corrected chi connectivity index (χ2v) is 7.65. The van der Waals surface area contributed by atoms with Gasteiger partial charge in [-0.15, -0.1) is 15.3 Å². The maximum absolute atomic E-state index is 10.8. The first-order chi connectivity index (χ1) is 14.9. The summed E-state index contributed by atoms with van der Waals surface area (Å²) in [6, 6.07) is 4.02. The zero-order valence-corrected chi connectivity index (χ0v) is 17.5. The van der Waals surface area contributed by atoms with Crippen LogP contribution in [0.5, 0.6) is 0 Å². The van der Waals surface area contributed by atoms with Crippen LogP contribution in [0.15, 0.2) is 40.2 Å². The van der Waals surface area contributed by atoms with Crippen LogP contribution in [-0.2, 0) is 12.3 Å². The highest BCUT2D eigenvalue weighted by molar-refractivity contribution is 7.98. The Bertz CT molecular complexity index is 1260. The number of nitrogen functional groups attached to an aromatic ring is 1. The molecule has 4 aromatic rings. The summed E-state index contributed by atoms with van der Waals surface area (Å²) in [4.78, 5) is 18.6. The van der Waals surface area contributed by atoms with Crippen LogP contribution >= 0.6 is 23.4 Å². The Morgan fingerprint density at radius 2 is 2.16 bits per heavy atom. The SMILES string of the molecule is Cc1ncc(Cn2cc(CSc3nnc(-c4ccc([N+](=O)[O-])cc4Cl)o3)nn2)c(N)n1. The molecule has 2 N–H and O–H groups in total. The van der Waals surface area contributed by atoms with Crippen LogP contribution in [0, 0.1) is 17.0 Å². The van der Waals surface area contributed by atoms with Gasteiger partial charge in [-0.3, -0.25) is 10.1 Å². The van der Waals surface area contributed by atoms with E-state index in [9.17, 15) is 10.1 Å². The summed E-state index contributed by atoms with van der Waals surface area (Å²) >= 11 is 7.37. The lowest BCUT2D eigenvalue weighted by atomic mass is 10.2. The van der Waals surface area contributed by atoms with E-state index >= 15 is 0 Å². The number of thioether (sulfide) groups is 1. The summed E-state index contributed by atoms with van der Waals surface area (Å²) in [6.07, 6.45) is 3.44. The zero-order valence-electron chi connectivity index (χ0n) is 16.0. The first kappa shape index (κ1) is 20.7.